The Labute approximate surface area is 121 Å². The molecule has 0 amide bonds. The van der Waals surface area contributed by atoms with E-state index < -0.39 is 0 Å². The van der Waals surface area contributed by atoms with Crippen LogP contribution < -0.4 is 0 Å². The number of nitrogens with zero attached hydrogens (tertiary/aromatic N) is 2. The van der Waals surface area contributed by atoms with E-state index in [-0.39, 0.29) is 0 Å². The predicted octanol–water partition coefficient (Wildman–Crippen LogP) is 4.69. The standard InChI is InChI=1S/C14H17BrN2S/c1-10(2)9-17-12(11-7-5-4-6-8-11)13(15)16-14(17)18-3/h4-8,10H,9H2,1-3H3. The highest BCUT2D eigenvalue weighted by Gasteiger charge is 2.16. The van der Waals surface area contributed by atoms with Gasteiger partial charge < -0.3 is 4.57 Å². The summed E-state index contributed by atoms with van der Waals surface area (Å²) in [5.74, 6) is 0.597. The van der Waals surface area contributed by atoms with Gasteiger partial charge in [0.25, 0.3) is 0 Å². The molecule has 4 heteroatoms. The number of hydrogen-bond donors (Lipinski definition) is 0. The minimum atomic E-state index is 0.597. The van der Waals surface area contributed by atoms with E-state index in [0.717, 1.165) is 16.3 Å². The van der Waals surface area contributed by atoms with Crippen molar-refractivity contribution < 1.29 is 0 Å². The number of hydrogen-bond acceptors (Lipinski definition) is 2. The van der Waals surface area contributed by atoms with Gasteiger partial charge in [0, 0.05) is 12.1 Å². The van der Waals surface area contributed by atoms with Gasteiger partial charge in [-0.2, -0.15) is 0 Å². The Bertz CT molecular complexity index is 520. The lowest BCUT2D eigenvalue weighted by atomic mass is 10.1. The Balaban J connectivity index is 2.55. The van der Waals surface area contributed by atoms with Crippen LogP contribution in [0.25, 0.3) is 11.3 Å². The Morgan fingerprint density at radius 1 is 1.28 bits per heavy atom. The lowest BCUT2D eigenvalue weighted by molar-refractivity contribution is 0.498. The third-order valence-corrected chi connectivity index (χ3v) is 3.90. The van der Waals surface area contributed by atoms with Crippen molar-refractivity contribution in [3.05, 3.63) is 34.9 Å². The second-order valence-electron chi connectivity index (χ2n) is 4.61. The molecule has 1 aromatic heterocycles. The van der Waals surface area contributed by atoms with Gasteiger partial charge in [0.05, 0.1) is 5.69 Å². The van der Waals surface area contributed by atoms with Gasteiger partial charge in [0.15, 0.2) is 5.16 Å². The van der Waals surface area contributed by atoms with Crippen LogP contribution in [0.3, 0.4) is 0 Å². The smallest absolute Gasteiger partial charge is 0.169 e. The van der Waals surface area contributed by atoms with Crippen LogP contribution in [0.15, 0.2) is 40.1 Å². The predicted molar refractivity (Wildman–Crippen MR) is 82.0 cm³/mol. The van der Waals surface area contributed by atoms with E-state index in [1.807, 2.05) is 6.07 Å². The lowest BCUT2D eigenvalue weighted by Gasteiger charge is -2.13. The van der Waals surface area contributed by atoms with Crippen molar-refractivity contribution in [1.82, 2.24) is 9.55 Å². The Kier molecular flexibility index (Phi) is 4.51. The van der Waals surface area contributed by atoms with Crippen molar-refractivity contribution in [2.45, 2.75) is 25.5 Å². The van der Waals surface area contributed by atoms with Crippen molar-refractivity contribution in [2.24, 2.45) is 5.92 Å². The molecule has 18 heavy (non-hydrogen) atoms. The average molecular weight is 325 g/mol. The molecule has 0 fully saturated rings. The molecular formula is C14H17BrN2S. The van der Waals surface area contributed by atoms with E-state index in [0.29, 0.717) is 5.92 Å². The van der Waals surface area contributed by atoms with Gasteiger partial charge in [-0.1, -0.05) is 55.9 Å². The molecule has 0 spiro atoms. The first-order chi connectivity index (χ1) is 8.63. The second kappa shape index (κ2) is 5.93. The number of thioether (sulfide) groups is 1. The molecule has 0 unspecified atom stereocenters. The summed E-state index contributed by atoms with van der Waals surface area (Å²) < 4.78 is 3.23. The van der Waals surface area contributed by atoms with Crippen LogP contribution in [0.1, 0.15) is 13.8 Å². The third-order valence-electron chi connectivity index (χ3n) is 2.67. The normalized spacial score (nSPS) is 11.2. The minimum absolute atomic E-state index is 0.597. The Morgan fingerprint density at radius 3 is 2.50 bits per heavy atom. The van der Waals surface area contributed by atoms with Crippen molar-refractivity contribution in [1.29, 1.82) is 0 Å². The first-order valence-corrected chi connectivity index (χ1v) is 8.00. The molecule has 1 heterocycles. The van der Waals surface area contributed by atoms with Gasteiger partial charge >= 0.3 is 0 Å². The minimum Gasteiger partial charge on any atom is -0.318 e. The van der Waals surface area contributed by atoms with Crippen LogP contribution in [0.4, 0.5) is 0 Å². The highest BCUT2D eigenvalue weighted by molar-refractivity contribution is 9.10. The summed E-state index contributed by atoms with van der Waals surface area (Å²) in [6.45, 7) is 5.44. The van der Waals surface area contributed by atoms with Crippen LogP contribution >= 0.6 is 27.7 Å². The molecule has 0 atom stereocenters. The SMILES string of the molecule is CSc1nc(Br)c(-c2ccccc2)n1CC(C)C. The van der Waals surface area contributed by atoms with E-state index in [1.54, 1.807) is 11.8 Å². The monoisotopic (exact) mass is 324 g/mol. The Morgan fingerprint density at radius 2 is 1.94 bits per heavy atom. The fourth-order valence-electron chi connectivity index (χ4n) is 1.97. The maximum atomic E-state index is 4.60. The molecule has 1 aromatic carbocycles. The average Bonchev–Trinajstić information content (AvgIpc) is 2.66. The molecule has 0 aliphatic rings. The molecule has 0 aliphatic heterocycles. The molecule has 0 saturated heterocycles. The van der Waals surface area contributed by atoms with Crippen LogP contribution in [0, 0.1) is 5.92 Å². The van der Waals surface area contributed by atoms with E-state index in [2.05, 4.69) is 69.8 Å². The molecule has 0 aliphatic carbocycles. The first-order valence-electron chi connectivity index (χ1n) is 5.99. The van der Waals surface area contributed by atoms with Crippen LogP contribution in [-0.2, 0) is 6.54 Å². The summed E-state index contributed by atoms with van der Waals surface area (Å²) in [5.41, 5.74) is 2.38. The van der Waals surface area contributed by atoms with Gasteiger partial charge in [-0.15, -0.1) is 0 Å². The van der Waals surface area contributed by atoms with Crippen LogP contribution in [0.5, 0.6) is 0 Å². The highest BCUT2D eigenvalue weighted by atomic mass is 79.9. The third kappa shape index (κ3) is 2.81. The summed E-state index contributed by atoms with van der Waals surface area (Å²) in [5, 5.41) is 1.06. The van der Waals surface area contributed by atoms with E-state index >= 15 is 0 Å². The summed E-state index contributed by atoms with van der Waals surface area (Å²) in [6.07, 6.45) is 2.07. The zero-order valence-electron chi connectivity index (χ0n) is 10.9. The summed E-state index contributed by atoms with van der Waals surface area (Å²) >= 11 is 5.28. The molecule has 0 saturated carbocycles. The van der Waals surface area contributed by atoms with Crippen LogP contribution in [0.2, 0.25) is 0 Å². The molecule has 0 radical (unpaired) electrons. The molecule has 2 nitrogen and oxygen atoms in total. The van der Waals surface area contributed by atoms with Gasteiger partial charge in [0.1, 0.15) is 4.60 Å². The first kappa shape index (κ1) is 13.7. The quantitative estimate of drug-likeness (QED) is 0.759. The summed E-state index contributed by atoms with van der Waals surface area (Å²) in [7, 11) is 0. The zero-order valence-corrected chi connectivity index (χ0v) is 13.3. The van der Waals surface area contributed by atoms with Gasteiger partial charge in [-0.3, -0.25) is 0 Å². The molecule has 96 valence electrons. The van der Waals surface area contributed by atoms with Gasteiger partial charge in [-0.05, 0) is 28.1 Å². The second-order valence-corrected chi connectivity index (χ2v) is 6.13. The van der Waals surface area contributed by atoms with Crippen molar-refractivity contribution >= 4 is 27.7 Å². The topological polar surface area (TPSA) is 17.8 Å². The molecular weight excluding hydrogens is 308 g/mol. The van der Waals surface area contributed by atoms with Crippen molar-refractivity contribution in [2.75, 3.05) is 6.26 Å². The van der Waals surface area contributed by atoms with Crippen LogP contribution in [-0.4, -0.2) is 15.8 Å². The number of halogens is 1. The number of aromatic nitrogens is 2. The fraction of sp³-hybridized carbons (Fsp3) is 0.357. The largest absolute Gasteiger partial charge is 0.318 e. The highest BCUT2D eigenvalue weighted by Crippen LogP contribution is 2.32. The van der Waals surface area contributed by atoms with E-state index in [9.17, 15) is 0 Å². The maximum absolute atomic E-state index is 4.60. The fourth-order valence-corrected chi connectivity index (χ4v) is 3.26. The van der Waals surface area contributed by atoms with Crippen molar-refractivity contribution in [3.63, 3.8) is 0 Å². The molecule has 2 aromatic rings. The molecule has 0 N–H and O–H groups in total. The van der Waals surface area contributed by atoms with Crippen molar-refractivity contribution in [3.8, 4) is 11.3 Å². The van der Waals surface area contributed by atoms with Gasteiger partial charge in [-0.25, -0.2) is 4.98 Å². The van der Waals surface area contributed by atoms with E-state index in [1.165, 1.54) is 11.3 Å². The lowest BCUT2D eigenvalue weighted by Crippen LogP contribution is -2.07. The number of imidazole rings is 1. The Hall–Kier alpha value is -0.740. The zero-order chi connectivity index (χ0) is 13.1. The summed E-state index contributed by atoms with van der Waals surface area (Å²) in [6, 6.07) is 10.4. The number of benzene rings is 1. The summed E-state index contributed by atoms with van der Waals surface area (Å²) in [4.78, 5) is 4.60. The van der Waals surface area contributed by atoms with E-state index in [4.69, 9.17) is 0 Å². The maximum Gasteiger partial charge on any atom is 0.169 e. The van der Waals surface area contributed by atoms with Gasteiger partial charge in [0.2, 0.25) is 0 Å². The number of rotatable bonds is 4. The molecule has 2 rings (SSSR count). The molecule has 0 bridgehead atoms.